The summed E-state index contributed by atoms with van der Waals surface area (Å²) in [5.41, 5.74) is 2.21. The van der Waals surface area contributed by atoms with Crippen LogP contribution in [-0.4, -0.2) is 39.1 Å². The molecule has 19 heavy (non-hydrogen) atoms. The maximum absolute atomic E-state index is 11.8. The summed E-state index contributed by atoms with van der Waals surface area (Å²) < 4.78 is 0. The largest absolute Gasteiger partial charge is 0.378 e. The molecule has 104 valence electrons. The molecule has 1 fully saturated rings. The second-order valence-electron chi connectivity index (χ2n) is 5.34. The average Bonchev–Trinajstić information content (AvgIpc) is 2.90. The summed E-state index contributed by atoms with van der Waals surface area (Å²) in [6, 6.07) is 8.58. The number of benzene rings is 1. The van der Waals surface area contributed by atoms with Gasteiger partial charge in [-0.25, -0.2) is 0 Å². The van der Waals surface area contributed by atoms with Crippen molar-refractivity contribution >= 4 is 11.6 Å². The number of carbonyl (C=O) groups excluding carboxylic acids is 1. The zero-order chi connectivity index (χ0) is 13.7. The fourth-order valence-corrected chi connectivity index (χ4v) is 2.33. The molecule has 1 aliphatic heterocycles. The number of hydrogen-bond acceptors (Lipinski definition) is 3. The molecule has 4 heteroatoms. The van der Waals surface area contributed by atoms with Gasteiger partial charge in [-0.1, -0.05) is 12.1 Å². The Balaban J connectivity index is 1.77. The first-order valence-electron chi connectivity index (χ1n) is 6.91. The highest BCUT2D eigenvalue weighted by molar-refractivity contribution is 5.78. The predicted octanol–water partition coefficient (Wildman–Crippen LogP) is 1.16. The van der Waals surface area contributed by atoms with E-state index in [4.69, 9.17) is 0 Å². The molecule has 1 aromatic carbocycles. The average molecular weight is 261 g/mol. The number of hydrogen-bond donors (Lipinski definition) is 2. The van der Waals surface area contributed by atoms with Gasteiger partial charge in [0.2, 0.25) is 5.91 Å². The molecule has 0 saturated carbocycles. The van der Waals surface area contributed by atoms with Crippen LogP contribution in [0.15, 0.2) is 24.3 Å². The van der Waals surface area contributed by atoms with Crippen LogP contribution >= 0.6 is 0 Å². The van der Waals surface area contributed by atoms with Gasteiger partial charge in [-0.15, -0.1) is 0 Å². The lowest BCUT2D eigenvalue weighted by Crippen LogP contribution is -2.37. The van der Waals surface area contributed by atoms with Gasteiger partial charge in [0, 0.05) is 32.4 Å². The molecule has 0 aliphatic carbocycles. The number of nitrogens with zero attached hydrogens (tertiary/aromatic N) is 1. The zero-order valence-corrected chi connectivity index (χ0v) is 11.8. The van der Waals surface area contributed by atoms with E-state index in [-0.39, 0.29) is 5.91 Å². The molecule has 0 radical (unpaired) electrons. The predicted molar refractivity (Wildman–Crippen MR) is 78.5 cm³/mol. The summed E-state index contributed by atoms with van der Waals surface area (Å²) >= 11 is 0. The SMILES string of the molecule is CN(C)c1ccc(CC(=O)NC[C@@H]2CCCN2)cc1. The molecule has 1 atom stereocenters. The van der Waals surface area contributed by atoms with Crippen LogP contribution in [0.25, 0.3) is 0 Å². The molecule has 4 nitrogen and oxygen atoms in total. The van der Waals surface area contributed by atoms with Gasteiger partial charge in [-0.05, 0) is 37.1 Å². The van der Waals surface area contributed by atoms with E-state index >= 15 is 0 Å². The first-order valence-corrected chi connectivity index (χ1v) is 6.91. The van der Waals surface area contributed by atoms with Crippen molar-refractivity contribution in [3.05, 3.63) is 29.8 Å². The summed E-state index contributed by atoms with van der Waals surface area (Å²) in [6.07, 6.45) is 2.84. The van der Waals surface area contributed by atoms with Crippen molar-refractivity contribution in [1.82, 2.24) is 10.6 Å². The van der Waals surface area contributed by atoms with Gasteiger partial charge in [0.25, 0.3) is 0 Å². The highest BCUT2D eigenvalue weighted by Crippen LogP contribution is 2.12. The lowest BCUT2D eigenvalue weighted by molar-refractivity contribution is -0.120. The van der Waals surface area contributed by atoms with Crippen LogP contribution in [-0.2, 0) is 11.2 Å². The summed E-state index contributed by atoms with van der Waals surface area (Å²) in [7, 11) is 4.02. The molecule has 0 bridgehead atoms. The first kappa shape index (κ1) is 13.9. The third-order valence-corrected chi connectivity index (χ3v) is 3.53. The van der Waals surface area contributed by atoms with Gasteiger partial charge in [-0.2, -0.15) is 0 Å². The van der Waals surface area contributed by atoms with Crippen LogP contribution in [0, 0.1) is 0 Å². The van der Waals surface area contributed by atoms with E-state index in [2.05, 4.69) is 15.5 Å². The van der Waals surface area contributed by atoms with Crippen LogP contribution in [0.2, 0.25) is 0 Å². The monoisotopic (exact) mass is 261 g/mol. The van der Waals surface area contributed by atoms with E-state index < -0.39 is 0 Å². The molecular weight excluding hydrogens is 238 g/mol. The van der Waals surface area contributed by atoms with Gasteiger partial charge in [-0.3, -0.25) is 4.79 Å². The number of carbonyl (C=O) groups is 1. The zero-order valence-electron chi connectivity index (χ0n) is 11.8. The van der Waals surface area contributed by atoms with Crippen molar-refractivity contribution in [2.45, 2.75) is 25.3 Å². The first-order chi connectivity index (χ1) is 9.15. The molecule has 1 aliphatic rings. The minimum atomic E-state index is 0.103. The third-order valence-electron chi connectivity index (χ3n) is 3.53. The molecule has 2 rings (SSSR count). The van der Waals surface area contributed by atoms with Crippen LogP contribution < -0.4 is 15.5 Å². The smallest absolute Gasteiger partial charge is 0.224 e. The number of amides is 1. The maximum atomic E-state index is 11.8. The number of nitrogens with one attached hydrogen (secondary N) is 2. The quantitative estimate of drug-likeness (QED) is 0.836. The molecule has 0 aromatic heterocycles. The highest BCUT2D eigenvalue weighted by atomic mass is 16.1. The molecule has 1 saturated heterocycles. The number of anilines is 1. The van der Waals surface area contributed by atoms with Crippen LogP contribution in [0.4, 0.5) is 5.69 Å². The Bertz CT molecular complexity index is 408. The van der Waals surface area contributed by atoms with Crippen molar-refractivity contribution in [3.63, 3.8) is 0 Å². The number of rotatable bonds is 5. The minimum absolute atomic E-state index is 0.103. The molecule has 1 heterocycles. The van der Waals surface area contributed by atoms with E-state index in [1.54, 1.807) is 0 Å². The Morgan fingerprint density at radius 1 is 1.37 bits per heavy atom. The summed E-state index contributed by atoms with van der Waals surface area (Å²) in [4.78, 5) is 13.9. The van der Waals surface area contributed by atoms with Crippen LogP contribution in [0.1, 0.15) is 18.4 Å². The van der Waals surface area contributed by atoms with Gasteiger partial charge < -0.3 is 15.5 Å². The Morgan fingerprint density at radius 3 is 2.68 bits per heavy atom. The van der Waals surface area contributed by atoms with E-state index in [0.29, 0.717) is 12.5 Å². The summed E-state index contributed by atoms with van der Waals surface area (Å²) in [5.74, 6) is 0.103. The molecule has 1 amide bonds. The van der Waals surface area contributed by atoms with Gasteiger partial charge in [0.15, 0.2) is 0 Å². The molecule has 2 N–H and O–H groups in total. The fraction of sp³-hybridized carbons (Fsp3) is 0.533. The highest BCUT2D eigenvalue weighted by Gasteiger charge is 2.14. The Kier molecular flexibility index (Phi) is 4.80. The maximum Gasteiger partial charge on any atom is 0.224 e. The Labute approximate surface area is 115 Å². The topological polar surface area (TPSA) is 44.4 Å². The van der Waals surface area contributed by atoms with Crippen molar-refractivity contribution in [1.29, 1.82) is 0 Å². The Hall–Kier alpha value is -1.55. The fourth-order valence-electron chi connectivity index (χ4n) is 2.33. The summed E-state index contributed by atoms with van der Waals surface area (Å²) in [6.45, 7) is 1.82. The normalized spacial score (nSPS) is 18.3. The molecular formula is C15H23N3O. The Morgan fingerprint density at radius 2 is 2.11 bits per heavy atom. The lowest BCUT2D eigenvalue weighted by atomic mass is 10.1. The van der Waals surface area contributed by atoms with Crippen LogP contribution in [0.3, 0.4) is 0 Å². The van der Waals surface area contributed by atoms with Crippen molar-refractivity contribution in [3.8, 4) is 0 Å². The van der Waals surface area contributed by atoms with E-state index in [0.717, 1.165) is 30.8 Å². The van der Waals surface area contributed by atoms with Gasteiger partial charge >= 0.3 is 0 Å². The van der Waals surface area contributed by atoms with E-state index in [1.807, 2.05) is 38.4 Å². The van der Waals surface area contributed by atoms with E-state index in [1.165, 1.54) is 6.42 Å². The van der Waals surface area contributed by atoms with Gasteiger partial charge in [0.05, 0.1) is 6.42 Å². The summed E-state index contributed by atoms with van der Waals surface area (Å²) in [5, 5.41) is 6.37. The van der Waals surface area contributed by atoms with Crippen molar-refractivity contribution in [2.24, 2.45) is 0 Å². The third kappa shape index (κ3) is 4.24. The standard InChI is InChI=1S/C15H23N3O/c1-18(2)14-7-5-12(6-8-14)10-15(19)17-11-13-4-3-9-16-13/h5-8,13,16H,3-4,9-11H2,1-2H3,(H,17,19)/t13-/m0/s1. The van der Waals surface area contributed by atoms with E-state index in [9.17, 15) is 4.79 Å². The second-order valence-corrected chi connectivity index (χ2v) is 5.34. The lowest BCUT2D eigenvalue weighted by Gasteiger charge is -2.13. The second kappa shape index (κ2) is 6.57. The van der Waals surface area contributed by atoms with Gasteiger partial charge in [0.1, 0.15) is 0 Å². The van der Waals surface area contributed by atoms with Crippen molar-refractivity contribution < 1.29 is 4.79 Å². The van der Waals surface area contributed by atoms with Crippen molar-refractivity contribution in [2.75, 3.05) is 32.1 Å². The molecule has 0 unspecified atom stereocenters. The molecule has 0 spiro atoms. The van der Waals surface area contributed by atoms with Crippen LogP contribution in [0.5, 0.6) is 0 Å². The minimum Gasteiger partial charge on any atom is -0.378 e. The molecule has 1 aromatic rings.